The van der Waals surface area contributed by atoms with E-state index in [0.29, 0.717) is 0 Å². The summed E-state index contributed by atoms with van der Waals surface area (Å²) in [6.45, 7) is 10.5. The first-order valence-electron chi connectivity index (χ1n) is 11.2. The lowest BCUT2D eigenvalue weighted by atomic mass is 10.1. The summed E-state index contributed by atoms with van der Waals surface area (Å²) in [5.41, 5.74) is 0. The van der Waals surface area contributed by atoms with E-state index in [-0.39, 0.29) is 12.6 Å². The van der Waals surface area contributed by atoms with Crippen LogP contribution in [0.25, 0.3) is 0 Å². The third-order valence-corrected chi connectivity index (χ3v) is 4.49. The van der Waals surface area contributed by atoms with Crippen molar-refractivity contribution < 1.29 is 14.2 Å². The molecule has 152 valence electrons. The molecule has 2 atom stereocenters. The van der Waals surface area contributed by atoms with Crippen LogP contribution in [0.3, 0.4) is 0 Å². The molecule has 0 saturated carbocycles. The van der Waals surface area contributed by atoms with Gasteiger partial charge in [-0.25, -0.2) is 0 Å². The molecule has 0 aliphatic carbocycles. The van der Waals surface area contributed by atoms with Gasteiger partial charge in [-0.1, -0.05) is 79.1 Å². The Labute approximate surface area is 158 Å². The second-order valence-electron chi connectivity index (χ2n) is 7.14. The summed E-state index contributed by atoms with van der Waals surface area (Å²) in [5, 5.41) is 0. The van der Waals surface area contributed by atoms with Crippen LogP contribution in [0, 0.1) is 0 Å². The van der Waals surface area contributed by atoms with E-state index >= 15 is 0 Å². The van der Waals surface area contributed by atoms with E-state index in [1.807, 2.05) is 0 Å². The summed E-state index contributed by atoms with van der Waals surface area (Å²) in [6, 6.07) is 0. The van der Waals surface area contributed by atoms with E-state index in [2.05, 4.69) is 27.7 Å². The Morgan fingerprint density at radius 2 is 0.880 bits per heavy atom. The van der Waals surface area contributed by atoms with Gasteiger partial charge in [0, 0.05) is 13.2 Å². The molecule has 0 radical (unpaired) electrons. The van der Waals surface area contributed by atoms with Crippen molar-refractivity contribution in [2.24, 2.45) is 0 Å². The molecule has 0 amide bonds. The fourth-order valence-corrected chi connectivity index (χ4v) is 2.74. The van der Waals surface area contributed by atoms with Crippen molar-refractivity contribution in [3.8, 4) is 0 Å². The van der Waals surface area contributed by atoms with Gasteiger partial charge in [0.2, 0.25) is 0 Å². The molecule has 0 aromatic rings. The average Bonchev–Trinajstić information content (AvgIpc) is 2.62. The summed E-state index contributed by atoms with van der Waals surface area (Å²) in [7, 11) is 0. The smallest absolute Gasteiger partial charge is 0.160 e. The highest BCUT2D eigenvalue weighted by molar-refractivity contribution is 4.54. The van der Waals surface area contributed by atoms with Crippen LogP contribution in [0.1, 0.15) is 118 Å². The van der Waals surface area contributed by atoms with Gasteiger partial charge >= 0.3 is 0 Å². The Bertz CT molecular complexity index is 221. The molecule has 2 unspecified atom stereocenters. The van der Waals surface area contributed by atoms with Crippen LogP contribution in [-0.4, -0.2) is 25.8 Å². The van der Waals surface area contributed by atoms with Crippen molar-refractivity contribution in [1.82, 2.24) is 0 Å². The second kappa shape index (κ2) is 20.2. The highest BCUT2D eigenvalue weighted by Gasteiger charge is 2.17. The SMILES string of the molecule is CCCCCCC(OCCCC)OC(CCCCCC)OCCCC. The van der Waals surface area contributed by atoms with Gasteiger partial charge in [0.15, 0.2) is 12.6 Å². The predicted molar refractivity (Wildman–Crippen MR) is 108 cm³/mol. The molecule has 0 aromatic heterocycles. The Kier molecular flexibility index (Phi) is 20.1. The zero-order chi connectivity index (χ0) is 18.6. The standard InChI is InChI=1S/C22H46O3/c1-5-9-13-15-17-21(23-19-11-7-3)25-22(24-20-12-8-4)18-16-14-10-6-2/h21-22H,5-20H2,1-4H3. The zero-order valence-corrected chi connectivity index (χ0v) is 17.7. The maximum absolute atomic E-state index is 6.26. The number of rotatable bonds is 20. The monoisotopic (exact) mass is 358 g/mol. The summed E-state index contributed by atoms with van der Waals surface area (Å²) in [6.07, 6.45) is 16.4. The van der Waals surface area contributed by atoms with Gasteiger partial charge in [0.1, 0.15) is 0 Å². The van der Waals surface area contributed by atoms with E-state index in [9.17, 15) is 0 Å². The van der Waals surface area contributed by atoms with Crippen molar-refractivity contribution in [2.45, 2.75) is 130 Å². The number of ether oxygens (including phenoxy) is 3. The van der Waals surface area contributed by atoms with E-state index in [4.69, 9.17) is 14.2 Å². The van der Waals surface area contributed by atoms with E-state index in [1.165, 1.54) is 51.4 Å². The second-order valence-corrected chi connectivity index (χ2v) is 7.14. The average molecular weight is 359 g/mol. The molecule has 3 heteroatoms. The van der Waals surface area contributed by atoms with Gasteiger partial charge in [-0.15, -0.1) is 0 Å². The highest BCUT2D eigenvalue weighted by Crippen LogP contribution is 2.17. The molecule has 0 aliphatic rings. The molecule has 0 aliphatic heterocycles. The molecule has 0 rings (SSSR count). The topological polar surface area (TPSA) is 27.7 Å². The fraction of sp³-hybridized carbons (Fsp3) is 1.00. The van der Waals surface area contributed by atoms with Crippen molar-refractivity contribution in [1.29, 1.82) is 0 Å². The molecule has 0 saturated heterocycles. The van der Waals surface area contributed by atoms with Gasteiger partial charge in [-0.05, 0) is 38.5 Å². The zero-order valence-electron chi connectivity index (χ0n) is 17.7. The minimum absolute atomic E-state index is 0.0961. The van der Waals surface area contributed by atoms with Crippen molar-refractivity contribution in [2.75, 3.05) is 13.2 Å². The molecule has 25 heavy (non-hydrogen) atoms. The third kappa shape index (κ3) is 17.1. The minimum atomic E-state index is -0.0961. The van der Waals surface area contributed by atoms with Crippen LogP contribution in [0.5, 0.6) is 0 Å². The lowest BCUT2D eigenvalue weighted by Gasteiger charge is -2.25. The van der Waals surface area contributed by atoms with Crippen LogP contribution < -0.4 is 0 Å². The lowest BCUT2D eigenvalue weighted by Crippen LogP contribution is -2.28. The van der Waals surface area contributed by atoms with E-state index in [1.54, 1.807) is 0 Å². The molecular formula is C22H46O3. The molecule has 0 heterocycles. The van der Waals surface area contributed by atoms with Gasteiger partial charge in [0.05, 0.1) is 0 Å². The van der Waals surface area contributed by atoms with Crippen LogP contribution in [0.2, 0.25) is 0 Å². The summed E-state index contributed by atoms with van der Waals surface area (Å²) in [4.78, 5) is 0. The summed E-state index contributed by atoms with van der Waals surface area (Å²) >= 11 is 0. The molecule has 0 bridgehead atoms. The van der Waals surface area contributed by atoms with Gasteiger partial charge < -0.3 is 14.2 Å². The van der Waals surface area contributed by atoms with Crippen LogP contribution >= 0.6 is 0 Å². The third-order valence-electron chi connectivity index (χ3n) is 4.49. The van der Waals surface area contributed by atoms with Crippen LogP contribution in [0.4, 0.5) is 0 Å². The van der Waals surface area contributed by atoms with Crippen molar-refractivity contribution >= 4 is 0 Å². The summed E-state index contributed by atoms with van der Waals surface area (Å²) in [5.74, 6) is 0. The Balaban J connectivity index is 4.36. The molecule has 3 nitrogen and oxygen atoms in total. The van der Waals surface area contributed by atoms with Crippen LogP contribution in [0.15, 0.2) is 0 Å². The molecule has 0 fully saturated rings. The Morgan fingerprint density at radius 3 is 1.24 bits per heavy atom. The largest absolute Gasteiger partial charge is 0.353 e. The molecular weight excluding hydrogens is 312 g/mol. The quantitative estimate of drug-likeness (QED) is 0.170. The first-order chi connectivity index (χ1) is 12.3. The maximum atomic E-state index is 6.26. The van der Waals surface area contributed by atoms with Crippen molar-refractivity contribution in [3.05, 3.63) is 0 Å². The Hall–Kier alpha value is -0.120. The maximum Gasteiger partial charge on any atom is 0.160 e. The van der Waals surface area contributed by atoms with Gasteiger partial charge in [-0.3, -0.25) is 0 Å². The molecule has 0 N–H and O–H groups in total. The highest BCUT2D eigenvalue weighted by atomic mass is 16.8. The number of hydrogen-bond donors (Lipinski definition) is 0. The normalized spacial score (nSPS) is 13.9. The molecule has 0 aromatic carbocycles. The van der Waals surface area contributed by atoms with E-state index < -0.39 is 0 Å². The number of unbranched alkanes of at least 4 members (excludes halogenated alkanes) is 8. The van der Waals surface area contributed by atoms with Crippen LogP contribution in [-0.2, 0) is 14.2 Å². The predicted octanol–water partition coefficient (Wildman–Crippen LogP) is 7.23. The van der Waals surface area contributed by atoms with E-state index in [0.717, 1.165) is 51.7 Å². The minimum Gasteiger partial charge on any atom is -0.353 e. The van der Waals surface area contributed by atoms with Gasteiger partial charge in [-0.2, -0.15) is 0 Å². The Morgan fingerprint density at radius 1 is 0.480 bits per heavy atom. The van der Waals surface area contributed by atoms with Gasteiger partial charge in [0.25, 0.3) is 0 Å². The molecule has 0 spiro atoms. The first-order valence-corrected chi connectivity index (χ1v) is 11.2. The fourth-order valence-electron chi connectivity index (χ4n) is 2.74. The summed E-state index contributed by atoms with van der Waals surface area (Å²) < 4.78 is 18.3. The number of hydrogen-bond acceptors (Lipinski definition) is 3. The van der Waals surface area contributed by atoms with Crippen molar-refractivity contribution in [3.63, 3.8) is 0 Å². The first kappa shape index (κ1) is 24.9. The lowest BCUT2D eigenvalue weighted by molar-refractivity contribution is -0.250.